The first-order valence-electron chi connectivity index (χ1n) is 7.98. The summed E-state index contributed by atoms with van der Waals surface area (Å²) in [7, 11) is 0. The number of hydrogen-bond donors (Lipinski definition) is 2. The van der Waals surface area contributed by atoms with Gasteiger partial charge in [-0.15, -0.1) is 10.2 Å². The number of nitrogens with one attached hydrogen (secondary N) is 2. The van der Waals surface area contributed by atoms with Gasteiger partial charge in [0.25, 0.3) is 5.91 Å². The van der Waals surface area contributed by atoms with Crippen LogP contribution in [0.4, 0.5) is 5.13 Å². The molecule has 25 heavy (non-hydrogen) atoms. The average Bonchev–Trinajstić information content (AvgIpc) is 3.01. The number of nitrogens with zero attached hydrogens (tertiary/aromatic N) is 2. The molecule has 2 aromatic rings. The Balaban J connectivity index is 2.07. The van der Waals surface area contributed by atoms with E-state index >= 15 is 0 Å². The number of aromatic nitrogens is 2. The van der Waals surface area contributed by atoms with Crippen molar-refractivity contribution in [3.63, 3.8) is 0 Å². The Bertz CT molecular complexity index is 743. The van der Waals surface area contributed by atoms with Gasteiger partial charge in [0.15, 0.2) is 0 Å². The zero-order valence-electron chi connectivity index (χ0n) is 14.5. The summed E-state index contributed by atoms with van der Waals surface area (Å²) < 4.78 is 0. The van der Waals surface area contributed by atoms with Crippen LogP contribution in [0.2, 0.25) is 5.02 Å². The van der Waals surface area contributed by atoms with Crippen LogP contribution in [-0.2, 0) is 4.79 Å². The van der Waals surface area contributed by atoms with Crippen molar-refractivity contribution in [2.75, 3.05) is 5.32 Å². The second-order valence-corrected chi connectivity index (χ2v) is 7.74. The molecule has 0 fully saturated rings. The van der Waals surface area contributed by atoms with Gasteiger partial charge in [-0.05, 0) is 30.2 Å². The Kier molecular flexibility index (Phi) is 6.50. The molecule has 1 aromatic carbocycles. The molecule has 0 aliphatic heterocycles. The van der Waals surface area contributed by atoms with Crippen LogP contribution < -0.4 is 10.6 Å². The summed E-state index contributed by atoms with van der Waals surface area (Å²) in [4.78, 5) is 24.9. The lowest BCUT2D eigenvalue weighted by Crippen LogP contribution is -2.47. The molecule has 6 nitrogen and oxygen atoms in total. The summed E-state index contributed by atoms with van der Waals surface area (Å²) in [6.07, 6.45) is 0. The van der Waals surface area contributed by atoms with E-state index in [-0.39, 0.29) is 23.7 Å². The zero-order valence-corrected chi connectivity index (χ0v) is 16.1. The van der Waals surface area contributed by atoms with Gasteiger partial charge in [-0.1, -0.05) is 50.6 Å². The van der Waals surface area contributed by atoms with Crippen LogP contribution in [0.1, 0.15) is 49.0 Å². The molecular weight excluding hydrogens is 360 g/mol. The summed E-state index contributed by atoms with van der Waals surface area (Å²) in [5.41, 5.74) is 0.445. The van der Waals surface area contributed by atoms with Gasteiger partial charge in [-0.2, -0.15) is 0 Å². The van der Waals surface area contributed by atoms with Crippen molar-refractivity contribution in [3.05, 3.63) is 39.9 Å². The van der Waals surface area contributed by atoms with Crippen LogP contribution in [-0.4, -0.2) is 28.1 Å². The summed E-state index contributed by atoms with van der Waals surface area (Å²) in [6, 6.07) is 5.82. The standard InChI is InChI=1S/C17H21ClN4O2S/c1-9(2)13(19-14(23)11-5-7-12(18)8-6-11)15(24)20-17-22-21-16(25-17)10(3)4/h5-10,13H,1-4H3,(H,19,23)(H,20,22,24). The fraction of sp³-hybridized carbons (Fsp3) is 0.412. The fourth-order valence-electron chi connectivity index (χ4n) is 2.06. The molecule has 0 aliphatic rings. The molecule has 2 amide bonds. The molecular formula is C17H21ClN4O2S. The first-order chi connectivity index (χ1) is 11.8. The van der Waals surface area contributed by atoms with E-state index < -0.39 is 6.04 Å². The van der Waals surface area contributed by atoms with Crippen molar-refractivity contribution in [2.45, 2.75) is 39.7 Å². The minimum Gasteiger partial charge on any atom is -0.340 e. The lowest BCUT2D eigenvalue weighted by molar-refractivity contribution is -0.118. The van der Waals surface area contributed by atoms with E-state index in [1.165, 1.54) is 11.3 Å². The van der Waals surface area contributed by atoms with E-state index in [1.807, 2.05) is 27.7 Å². The van der Waals surface area contributed by atoms with Gasteiger partial charge < -0.3 is 5.32 Å². The highest BCUT2D eigenvalue weighted by Crippen LogP contribution is 2.22. The second-order valence-electron chi connectivity index (χ2n) is 6.29. The lowest BCUT2D eigenvalue weighted by Gasteiger charge is -2.21. The van der Waals surface area contributed by atoms with E-state index in [9.17, 15) is 9.59 Å². The Morgan fingerprint density at radius 3 is 2.24 bits per heavy atom. The Morgan fingerprint density at radius 2 is 1.72 bits per heavy atom. The molecule has 0 saturated heterocycles. The van der Waals surface area contributed by atoms with Crippen molar-refractivity contribution < 1.29 is 9.59 Å². The summed E-state index contributed by atoms with van der Waals surface area (Å²) in [6.45, 7) is 7.75. The number of carbonyl (C=O) groups is 2. The Hall–Kier alpha value is -1.99. The fourth-order valence-corrected chi connectivity index (χ4v) is 2.94. The maximum atomic E-state index is 12.5. The molecule has 1 aromatic heterocycles. The van der Waals surface area contributed by atoms with E-state index in [2.05, 4.69) is 20.8 Å². The van der Waals surface area contributed by atoms with Crippen LogP contribution >= 0.6 is 22.9 Å². The number of carbonyl (C=O) groups excluding carboxylic acids is 2. The third kappa shape index (κ3) is 5.24. The monoisotopic (exact) mass is 380 g/mol. The van der Waals surface area contributed by atoms with Crippen LogP contribution in [0.3, 0.4) is 0 Å². The number of amides is 2. The largest absolute Gasteiger partial charge is 0.340 e. The molecule has 1 atom stereocenters. The average molecular weight is 381 g/mol. The van der Waals surface area contributed by atoms with Gasteiger partial charge in [0.1, 0.15) is 11.0 Å². The number of halogens is 1. The molecule has 1 unspecified atom stereocenters. The maximum absolute atomic E-state index is 12.5. The summed E-state index contributed by atoms with van der Waals surface area (Å²) >= 11 is 7.16. The molecule has 1 heterocycles. The van der Waals surface area contributed by atoms with Crippen LogP contribution in [0.5, 0.6) is 0 Å². The maximum Gasteiger partial charge on any atom is 0.251 e. The Labute approximate surface area is 156 Å². The van der Waals surface area contributed by atoms with E-state index in [0.29, 0.717) is 15.7 Å². The van der Waals surface area contributed by atoms with E-state index in [4.69, 9.17) is 11.6 Å². The number of hydrogen-bond acceptors (Lipinski definition) is 5. The van der Waals surface area contributed by atoms with Gasteiger partial charge in [0.05, 0.1) is 0 Å². The van der Waals surface area contributed by atoms with Crippen molar-refractivity contribution >= 4 is 39.9 Å². The van der Waals surface area contributed by atoms with Gasteiger partial charge in [0, 0.05) is 16.5 Å². The quantitative estimate of drug-likeness (QED) is 0.800. The van der Waals surface area contributed by atoms with Crippen LogP contribution in [0, 0.1) is 5.92 Å². The molecule has 0 aliphatic carbocycles. The van der Waals surface area contributed by atoms with Gasteiger partial charge in [-0.3, -0.25) is 14.9 Å². The number of benzene rings is 1. The predicted octanol–water partition coefficient (Wildman–Crippen LogP) is 3.71. The molecule has 0 spiro atoms. The van der Waals surface area contributed by atoms with Gasteiger partial charge in [-0.25, -0.2) is 0 Å². The highest BCUT2D eigenvalue weighted by molar-refractivity contribution is 7.15. The molecule has 2 rings (SSSR count). The van der Waals surface area contributed by atoms with Crippen molar-refractivity contribution in [1.29, 1.82) is 0 Å². The molecule has 0 radical (unpaired) electrons. The molecule has 2 N–H and O–H groups in total. The van der Waals surface area contributed by atoms with E-state index in [1.54, 1.807) is 24.3 Å². The van der Waals surface area contributed by atoms with Gasteiger partial charge >= 0.3 is 0 Å². The molecule has 0 bridgehead atoms. The molecule has 134 valence electrons. The summed E-state index contributed by atoms with van der Waals surface area (Å²) in [5.74, 6) is -0.489. The first kappa shape index (κ1) is 19.3. The van der Waals surface area contributed by atoms with Crippen LogP contribution in [0.15, 0.2) is 24.3 Å². The summed E-state index contributed by atoms with van der Waals surface area (Å²) in [5, 5.41) is 15.3. The highest BCUT2D eigenvalue weighted by atomic mass is 35.5. The Morgan fingerprint density at radius 1 is 1.08 bits per heavy atom. The minimum atomic E-state index is -0.686. The number of rotatable bonds is 6. The van der Waals surface area contributed by atoms with Crippen molar-refractivity contribution in [3.8, 4) is 0 Å². The topological polar surface area (TPSA) is 84.0 Å². The van der Waals surface area contributed by atoms with Crippen molar-refractivity contribution in [2.24, 2.45) is 5.92 Å². The molecule has 0 saturated carbocycles. The highest BCUT2D eigenvalue weighted by Gasteiger charge is 2.25. The minimum absolute atomic E-state index is 0.0891. The van der Waals surface area contributed by atoms with Gasteiger partial charge in [0.2, 0.25) is 11.0 Å². The zero-order chi connectivity index (χ0) is 18.6. The smallest absolute Gasteiger partial charge is 0.251 e. The number of anilines is 1. The first-order valence-corrected chi connectivity index (χ1v) is 9.18. The van der Waals surface area contributed by atoms with Crippen LogP contribution in [0.25, 0.3) is 0 Å². The third-order valence-electron chi connectivity index (χ3n) is 3.51. The third-order valence-corrected chi connectivity index (χ3v) is 4.90. The lowest BCUT2D eigenvalue weighted by atomic mass is 10.0. The van der Waals surface area contributed by atoms with E-state index in [0.717, 1.165) is 5.01 Å². The second kappa shape index (κ2) is 8.40. The molecule has 8 heteroatoms. The normalized spacial score (nSPS) is 12.3. The SMILES string of the molecule is CC(C)c1nnc(NC(=O)C(NC(=O)c2ccc(Cl)cc2)C(C)C)s1. The predicted molar refractivity (Wildman–Crippen MR) is 100 cm³/mol. The van der Waals surface area contributed by atoms with Crippen molar-refractivity contribution in [1.82, 2.24) is 15.5 Å².